The maximum Gasteiger partial charge on any atom is 0.133 e. The summed E-state index contributed by atoms with van der Waals surface area (Å²) in [5.74, 6) is -1.24. The second-order valence-corrected chi connectivity index (χ2v) is 15.2. The normalized spacial score (nSPS) is 12.7. The molecule has 0 saturated heterocycles. The number of halogens is 2. The minimum absolute atomic E-state index is 0.0497. The third kappa shape index (κ3) is 5.16. The van der Waals surface area contributed by atoms with Crippen LogP contribution < -0.4 is 0 Å². The predicted octanol–water partition coefficient (Wildman–Crippen LogP) is 16.4. The van der Waals surface area contributed by atoms with Gasteiger partial charge in [0.05, 0.1) is 0 Å². The van der Waals surface area contributed by atoms with Crippen LogP contribution in [0.4, 0.5) is 8.78 Å². The average molecular weight is 741 g/mol. The summed E-state index contributed by atoms with van der Waals surface area (Å²) < 4.78 is 33.6. The Morgan fingerprint density at radius 1 is 0.482 bits per heavy atom. The molecule has 0 aliphatic rings. The third-order valence-electron chi connectivity index (χ3n) is 11.1. The van der Waals surface area contributed by atoms with Crippen LogP contribution in [0.5, 0.6) is 0 Å². The van der Waals surface area contributed by atoms with Crippen LogP contribution in [0, 0.1) is 0 Å². The van der Waals surface area contributed by atoms with Crippen molar-refractivity contribution in [2.24, 2.45) is 0 Å². The van der Waals surface area contributed by atoms with Gasteiger partial charge in [-0.25, -0.2) is 8.78 Å². The van der Waals surface area contributed by atoms with Crippen molar-refractivity contribution in [3.63, 3.8) is 0 Å². The van der Waals surface area contributed by atoms with E-state index in [1.165, 1.54) is 83.0 Å². The van der Waals surface area contributed by atoms with E-state index in [9.17, 15) is 0 Å². The summed E-state index contributed by atoms with van der Waals surface area (Å²) in [5.41, 5.74) is 7.49. The maximum atomic E-state index is 15.8. The summed E-state index contributed by atoms with van der Waals surface area (Å²) in [4.78, 5) is 0. The summed E-state index contributed by atoms with van der Waals surface area (Å²) in [6.45, 7) is 4.99. The molecule has 10 rings (SSSR count). The molecule has 1 aromatic heterocycles. The molecule has 0 fully saturated rings. The van der Waals surface area contributed by atoms with Gasteiger partial charge in [0.2, 0.25) is 0 Å². The average Bonchev–Trinajstić information content (AvgIpc) is 3.63. The molecule has 0 amide bonds. The Morgan fingerprint density at radius 2 is 0.929 bits per heavy atom. The zero-order valence-electron chi connectivity index (χ0n) is 30.6. The van der Waals surface area contributed by atoms with Crippen molar-refractivity contribution in [2.45, 2.75) is 6.92 Å². The lowest BCUT2D eigenvalue weighted by atomic mass is 9.84. The quantitative estimate of drug-likeness (QED) is 0.118. The van der Waals surface area contributed by atoms with E-state index >= 15 is 8.78 Å². The van der Waals surface area contributed by atoms with Crippen LogP contribution in [0.25, 0.3) is 102 Å². The van der Waals surface area contributed by atoms with Gasteiger partial charge in [0.25, 0.3) is 0 Å². The Bertz CT molecular complexity index is 3170. The zero-order chi connectivity index (χ0) is 37.9. The number of hydrogen-bond donors (Lipinski definition) is 0. The summed E-state index contributed by atoms with van der Waals surface area (Å²) in [6.07, 6.45) is 2.59. The molecule has 0 N–H and O–H groups in total. The van der Waals surface area contributed by atoms with Gasteiger partial charge in [0.1, 0.15) is 11.7 Å². The number of allylic oxidation sites excluding steroid dienone is 5. The molecule has 0 unspecified atom stereocenters. The highest BCUT2D eigenvalue weighted by Gasteiger charge is 2.24. The van der Waals surface area contributed by atoms with Gasteiger partial charge in [-0.15, -0.1) is 11.3 Å². The summed E-state index contributed by atoms with van der Waals surface area (Å²) in [5, 5.41) is 10.7. The third-order valence-corrected chi connectivity index (χ3v) is 12.3. The summed E-state index contributed by atoms with van der Waals surface area (Å²) in [6, 6.07) is 57.5. The minimum Gasteiger partial charge on any atom is -0.211 e. The Hall–Kier alpha value is -6.68. The Morgan fingerprint density at radius 3 is 1.48 bits per heavy atom. The van der Waals surface area contributed by atoms with Gasteiger partial charge in [-0.2, -0.15) is 0 Å². The second-order valence-electron chi connectivity index (χ2n) is 14.2. The molecule has 10 aromatic rings. The highest BCUT2D eigenvalue weighted by Crippen LogP contribution is 2.51. The number of thiophene rings is 1. The van der Waals surface area contributed by atoms with E-state index in [-0.39, 0.29) is 5.57 Å². The van der Waals surface area contributed by atoms with Gasteiger partial charge in [-0.3, -0.25) is 0 Å². The van der Waals surface area contributed by atoms with Crippen molar-refractivity contribution in [3.05, 3.63) is 200 Å². The molecule has 9 aromatic carbocycles. The van der Waals surface area contributed by atoms with Gasteiger partial charge in [-0.1, -0.05) is 170 Å². The standard InChI is InChI=1S/C53H34F2S/c1-3-17-45(55)47(32(2)54)52-40-26-13-11-24-38(40)50(39-25-12-14-27-41(39)52)43-29-15-30-44-51-42(28-16-31-46(51)56-53(43)44)49-36-22-9-7-20-34(36)48(33-18-5-4-6-19-33)35-21-8-10-23-37(35)49/h3-31H,1H2,2H3/b45-17+,47-32-. The first-order valence-corrected chi connectivity index (χ1v) is 19.6. The first-order valence-electron chi connectivity index (χ1n) is 18.8. The number of benzene rings is 9. The van der Waals surface area contributed by atoms with Gasteiger partial charge in [0.15, 0.2) is 0 Å². The molecule has 266 valence electrons. The molecular weight excluding hydrogens is 707 g/mol. The predicted molar refractivity (Wildman–Crippen MR) is 239 cm³/mol. The van der Waals surface area contributed by atoms with E-state index < -0.39 is 11.7 Å². The van der Waals surface area contributed by atoms with Crippen LogP contribution >= 0.6 is 11.3 Å². The first kappa shape index (κ1) is 33.9. The van der Waals surface area contributed by atoms with Crippen LogP contribution in [0.3, 0.4) is 0 Å². The monoisotopic (exact) mass is 740 g/mol. The highest BCUT2D eigenvalue weighted by atomic mass is 32.1. The fourth-order valence-corrected chi connectivity index (χ4v) is 10.2. The smallest absolute Gasteiger partial charge is 0.133 e. The van der Waals surface area contributed by atoms with E-state index in [4.69, 9.17) is 0 Å². The highest BCUT2D eigenvalue weighted by molar-refractivity contribution is 7.26. The SMILES string of the molecule is C=C/C=C(F)\C(=C(/C)F)c1c2ccccc2c(-c2cccc3c2sc2cccc(-c4c5ccccc5c(-c5ccccc5)c5ccccc45)c23)c2ccccc12. The zero-order valence-corrected chi connectivity index (χ0v) is 31.4. The second kappa shape index (κ2) is 13.6. The van der Waals surface area contributed by atoms with Gasteiger partial charge in [0, 0.05) is 36.9 Å². The fourth-order valence-electron chi connectivity index (χ4n) is 8.92. The lowest BCUT2D eigenvalue weighted by Crippen LogP contribution is -1.96. The molecule has 3 heteroatoms. The fraction of sp³-hybridized carbons (Fsp3) is 0.0189. The molecule has 0 radical (unpaired) electrons. The van der Waals surface area contributed by atoms with Crippen molar-refractivity contribution in [3.8, 4) is 33.4 Å². The van der Waals surface area contributed by atoms with E-state index in [2.05, 4.69) is 134 Å². The first-order chi connectivity index (χ1) is 27.5. The Labute approximate surface area is 327 Å². The Balaban J connectivity index is 1.30. The van der Waals surface area contributed by atoms with Crippen molar-refractivity contribution in [2.75, 3.05) is 0 Å². The number of hydrogen-bond acceptors (Lipinski definition) is 1. The minimum atomic E-state index is -0.654. The topological polar surface area (TPSA) is 0 Å². The lowest BCUT2D eigenvalue weighted by Gasteiger charge is -2.19. The van der Waals surface area contributed by atoms with Gasteiger partial charge in [-0.05, 0) is 90.0 Å². The van der Waals surface area contributed by atoms with Crippen LogP contribution in [-0.2, 0) is 0 Å². The van der Waals surface area contributed by atoms with Crippen LogP contribution in [0.1, 0.15) is 12.5 Å². The van der Waals surface area contributed by atoms with Crippen LogP contribution in [-0.4, -0.2) is 0 Å². The number of fused-ring (bicyclic) bond motifs is 7. The molecular formula is C53H34F2S. The van der Waals surface area contributed by atoms with Crippen LogP contribution in [0.15, 0.2) is 194 Å². The van der Waals surface area contributed by atoms with Gasteiger partial charge < -0.3 is 0 Å². The molecule has 0 spiro atoms. The Kier molecular flexibility index (Phi) is 8.20. The van der Waals surface area contributed by atoms with E-state index in [1.807, 2.05) is 36.4 Å². The van der Waals surface area contributed by atoms with Crippen LogP contribution in [0.2, 0.25) is 0 Å². The summed E-state index contributed by atoms with van der Waals surface area (Å²) >= 11 is 1.80. The van der Waals surface area contributed by atoms with Crippen molar-refractivity contribution < 1.29 is 8.78 Å². The molecule has 56 heavy (non-hydrogen) atoms. The van der Waals surface area contributed by atoms with Crippen molar-refractivity contribution >= 4 is 80.2 Å². The molecule has 0 aliphatic heterocycles. The molecule has 0 bridgehead atoms. The van der Waals surface area contributed by atoms with E-state index in [0.29, 0.717) is 5.56 Å². The molecule has 1 heterocycles. The van der Waals surface area contributed by atoms with Crippen molar-refractivity contribution in [1.29, 1.82) is 0 Å². The van der Waals surface area contributed by atoms with Gasteiger partial charge >= 0.3 is 0 Å². The summed E-state index contributed by atoms with van der Waals surface area (Å²) in [7, 11) is 0. The number of rotatable bonds is 6. The molecule has 0 saturated carbocycles. The molecule has 0 aliphatic carbocycles. The lowest BCUT2D eigenvalue weighted by molar-refractivity contribution is 0.624. The molecule has 0 atom stereocenters. The maximum absolute atomic E-state index is 15.8. The van der Waals surface area contributed by atoms with E-state index in [1.54, 1.807) is 11.3 Å². The molecule has 0 nitrogen and oxygen atoms in total. The van der Waals surface area contributed by atoms with Crippen molar-refractivity contribution in [1.82, 2.24) is 0 Å². The van der Waals surface area contributed by atoms with E-state index in [0.717, 1.165) is 32.7 Å². The largest absolute Gasteiger partial charge is 0.211 e.